The molecule has 0 radical (unpaired) electrons. The van der Waals surface area contributed by atoms with Gasteiger partial charge in [0, 0.05) is 57.2 Å². The summed E-state index contributed by atoms with van der Waals surface area (Å²) in [5.41, 5.74) is 14.6. The minimum absolute atomic E-state index is 0. The minimum Gasteiger partial charge on any atom is -0.759 e. The zero-order valence-electron chi connectivity index (χ0n) is 22.6. The van der Waals surface area contributed by atoms with Gasteiger partial charge in [0.2, 0.25) is 0 Å². The van der Waals surface area contributed by atoms with Crippen LogP contribution < -0.4 is 36.3 Å². The van der Waals surface area contributed by atoms with Crippen molar-refractivity contribution in [2.45, 2.75) is 0 Å². The van der Waals surface area contributed by atoms with Gasteiger partial charge in [0.15, 0.2) is 0 Å². The number of benzene rings is 3. The lowest BCUT2D eigenvalue weighted by Crippen LogP contribution is -3.13. The number of ether oxygens (including phenoxy) is 3. The lowest BCUT2D eigenvalue weighted by Gasteiger charge is -2.20. The molecule has 42 heavy (non-hydrogen) atoms. The molecule has 0 fully saturated rings. The van der Waals surface area contributed by atoms with Gasteiger partial charge in [-0.2, -0.15) is 0 Å². The second-order valence-corrected chi connectivity index (χ2v) is 9.93. The van der Waals surface area contributed by atoms with Crippen LogP contribution in [0.25, 0.3) is 0 Å². The molecule has 0 saturated carbocycles. The van der Waals surface area contributed by atoms with E-state index < -0.39 is 20.8 Å². The van der Waals surface area contributed by atoms with Crippen molar-refractivity contribution in [2.24, 2.45) is 0 Å². The van der Waals surface area contributed by atoms with E-state index in [1.165, 1.54) is 4.90 Å². The van der Waals surface area contributed by atoms with Crippen molar-refractivity contribution in [2.75, 3.05) is 39.5 Å². The van der Waals surface area contributed by atoms with Crippen LogP contribution in [0.1, 0.15) is 0 Å². The van der Waals surface area contributed by atoms with Gasteiger partial charge in [-0.3, -0.25) is 16.8 Å². The molecule has 12 N–H and O–H groups in total. The fourth-order valence-corrected chi connectivity index (χ4v) is 3.07. The minimum atomic E-state index is -5.17. The maximum atomic E-state index is 8.52. The fourth-order valence-electron chi connectivity index (χ4n) is 3.07. The molecule has 3 aromatic carbocycles. The van der Waals surface area contributed by atoms with Gasteiger partial charge in [0.25, 0.3) is 0 Å². The molecule has 0 saturated heterocycles. The Balaban J connectivity index is 0.00000132. The Labute approximate surface area is 244 Å². The van der Waals surface area contributed by atoms with E-state index in [1.807, 2.05) is 72.8 Å². The zero-order valence-corrected chi connectivity index (χ0v) is 24.2. The molecule has 16 nitrogen and oxygen atoms in total. The van der Waals surface area contributed by atoms with Gasteiger partial charge in [-0.05, 0) is 36.4 Å². The van der Waals surface area contributed by atoms with Crippen LogP contribution in [0.2, 0.25) is 0 Å². The predicted octanol–water partition coefficient (Wildman–Crippen LogP) is -3.77. The van der Waals surface area contributed by atoms with E-state index in [0.29, 0.717) is 19.8 Å². The maximum Gasteiger partial charge on any atom is 0.137 e. The molecule has 0 spiro atoms. The molecule has 0 heterocycles. The van der Waals surface area contributed by atoms with E-state index in [4.69, 9.17) is 49.3 Å². The van der Waals surface area contributed by atoms with Crippen molar-refractivity contribution in [1.82, 2.24) is 0 Å². The summed E-state index contributed by atoms with van der Waals surface area (Å²) in [6, 6.07) is 23.4. The van der Waals surface area contributed by atoms with Gasteiger partial charge in [0.05, 0.1) is 0 Å². The van der Waals surface area contributed by atoms with Gasteiger partial charge in [0.1, 0.15) is 73.8 Å². The van der Waals surface area contributed by atoms with Crippen molar-refractivity contribution in [1.29, 1.82) is 0 Å². The van der Waals surface area contributed by atoms with Crippen molar-refractivity contribution >= 4 is 37.9 Å². The summed E-state index contributed by atoms with van der Waals surface area (Å²) in [4.78, 5) is 1.36. The molecule has 0 unspecified atom stereocenters. The molecule has 0 bridgehead atoms. The first kappa shape index (κ1) is 38.6. The van der Waals surface area contributed by atoms with E-state index in [9.17, 15) is 0 Å². The number of hydrogen-bond acceptors (Lipinski definition) is 11. The average molecular weight is 637 g/mol. The van der Waals surface area contributed by atoms with Crippen LogP contribution in [0.4, 0.5) is 17.1 Å². The van der Waals surface area contributed by atoms with Crippen LogP contribution in [0.3, 0.4) is 0 Å². The van der Waals surface area contributed by atoms with Crippen molar-refractivity contribution in [3.05, 3.63) is 72.8 Å². The van der Waals surface area contributed by atoms with Crippen molar-refractivity contribution < 1.29 is 76.8 Å². The monoisotopic (exact) mass is 636 g/mol. The molecule has 0 aliphatic carbocycles. The normalized spacial score (nSPS) is 10.8. The summed E-state index contributed by atoms with van der Waals surface area (Å²) in [5.74, 6) is 2.59. The van der Waals surface area contributed by atoms with Crippen molar-refractivity contribution in [3.63, 3.8) is 0 Å². The quantitative estimate of drug-likeness (QED) is 0.110. The summed E-state index contributed by atoms with van der Waals surface area (Å²) in [6.45, 7) is 4.44. The van der Waals surface area contributed by atoms with E-state index >= 15 is 0 Å². The lowest BCUT2D eigenvalue weighted by molar-refractivity contribution is -0.900. The summed E-state index contributed by atoms with van der Waals surface area (Å²) in [6.07, 6.45) is 0. The highest BCUT2D eigenvalue weighted by molar-refractivity contribution is 7.79. The third kappa shape index (κ3) is 23.3. The fraction of sp³-hybridized carbons (Fsp3) is 0.250. The number of hydrogen-bond donors (Lipinski definition) is 4. The van der Waals surface area contributed by atoms with Crippen LogP contribution in [0.5, 0.6) is 17.2 Å². The second-order valence-electron chi connectivity index (χ2n) is 8.29. The molecular formula is C24H36N4O12S2. The van der Waals surface area contributed by atoms with Crippen LogP contribution in [0.15, 0.2) is 72.8 Å². The molecule has 3 aromatic rings. The Hall–Kier alpha value is -3.40. The highest BCUT2D eigenvalue weighted by Crippen LogP contribution is 2.13. The van der Waals surface area contributed by atoms with E-state index in [1.54, 1.807) is 0 Å². The maximum absolute atomic E-state index is 8.52. The number of rotatable bonds is 12. The van der Waals surface area contributed by atoms with Crippen LogP contribution in [0, 0.1) is 0 Å². The second kappa shape index (κ2) is 19.7. The average Bonchev–Trinajstić information content (AvgIpc) is 2.85. The Bertz CT molecular complexity index is 1190. The molecule has 18 heteroatoms. The van der Waals surface area contributed by atoms with Crippen LogP contribution in [-0.2, 0) is 20.8 Å². The standard InChI is InChI=1S/C24H30N4O3.2H2O4S.H2O/c25-19-1-7-22(8-2-19)29-16-13-28(14-17-30-23-9-3-20(26)4-10-23)15-18-31-24-11-5-21(27)6-12-24;2*1-5(2,3)4;/h1-12H,13-18,25-27H2;2*(H2,1,2,3,4);1H2. The Morgan fingerprint density at radius 2 is 0.690 bits per heavy atom. The van der Waals surface area contributed by atoms with E-state index in [2.05, 4.69) is 17.2 Å². The molecule has 0 aromatic heterocycles. The molecule has 0 atom stereocenters. The van der Waals surface area contributed by atoms with Gasteiger partial charge >= 0.3 is 0 Å². The van der Waals surface area contributed by atoms with Gasteiger partial charge < -0.3 is 60.0 Å². The van der Waals surface area contributed by atoms with Gasteiger partial charge in [-0.1, -0.05) is 0 Å². The molecule has 0 aliphatic heterocycles. The summed E-state index contributed by atoms with van der Waals surface area (Å²) >= 11 is 0. The Morgan fingerprint density at radius 1 is 0.500 bits per heavy atom. The number of quaternary nitrogens is 4. The summed E-state index contributed by atoms with van der Waals surface area (Å²) in [5, 5.41) is 0. The highest BCUT2D eigenvalue weighted by atomic mass is 32.3. The summed E-state index contributed by atoms with van der Waals surface area (Å²) in [7, 11) is -10.3. The predicted molar refractivity (Wildman–Crippen MR) is 144 cm³/mol. The van der Waals surface area contributed by atoms with E-state index in [-0.39, 0.29) is 5.48 Å². The van der Waals surface area contributed by atoms with Crippen LogP contribution >= 0.6 is 0 Å². The SMILES string of the molecule is O.O=S(=O)([O-])[O-].O=S(=O)([O-])[O-].[NH3+]c1ccc(OCC[NH+](CCOc2ccc([NH3+])cc2)CCOc2ccc([NH3+])cc2)cc1. The molecule has 0 amide bonds. The third-order valence-corrected chi connectivity index (χ3v) is 4.94. The van der Waals surface area contributed by atoms with Crippen molar-refractivity contribution in [3.8, 4) is 17.2 Å². The molecule has 236 valence electrons. The first-order valence-corrected chi connectivity index (χ1v) is 14.6. The Kier molecular flexibility index (Phi) is 18.1. The highest BCUT2D eigenvalue weighted by Gasteiger charge is 2.11. The number of nitrogens with one attached hydrogen (secondary N) is 1. The first-order chi connectivity index (χ1) is 19.1. The third-order valence-electron chi connectivity index (χ3n) is 4.94. The first-order valence-electron chi connectivity index (χ1n) is 11.9. The van der Waals surface area contributed by atoms with E-state index in [0.717, 1.165) is 53.9 Å². The van der Waals surface area contributed by atoms with Crippen LogP contribution in [-0.4, -0.2) is 80.0 Å². The largest absolute Gasteiger partial charge is 0.759 e. The summed E-state index contributed by atoms with van der Waals surface area (Å²) < 4.78 is 85.9. The Morgan fingerprint density at radius 3 is 0.881 bits per heavy atom. The molecule has 0 aliphatic rings. The molecule has 3 rings (SSSR count). The smallest absolute Gasteiger partial charge is 0.137 e. The lowest BCUT2D eigenvalue weighted by atomic mass is 10.3. The zero-order chi connectivity index (χ0) is 30.9. The molecular weight excluding hydrogens is 600 g/mol. The topological polar surface area (TPSA) is 307 Å². The van der Waals surface area contributed by atoms with Gasteiger partial charge in [-0.15, -0.1) is 0 Å². The van der Waals surface area contributed by atoms with Gasteiger partial charge in [-0.25, -0.2) is 0 Å².